The van der Waals surface area contributed by atoms with Gasteiger partial charge in [0.05, 0.1) is 11.9 Å². The van der Waals surface area contributed by atoms with Gasteiger partial charge >= 0.3 is 0 Å². The second kappa shape index (κ2) is 7.37. The van der Waals surface area contributed by atoms with Crippen molar-refractivity contribution in [1.82, 2.24) is 4.98 Å². The molecule has 1 aromatic heterocycles. The van der Waals surface area contributed by atoms with Crippen molar-refractivity contribution in [3.63, 3.8) is 0 Å². The summed E-state index contributed by atoms with van der Waals surface area (Å²) in [5, 5.41) is 3.30. The number of hydrogen-bond donors (Lipinski definition) is 1. The summed E-state index contributed by atoms with van der Waals surface area (Å²) in [6.07, 6.45) is 1.67. The minimum Gasteiger partial charge on any atom is -0.454 e. The number of carbonyl (C=O) groups excluding carboxylic acids is 1. The molecule has 2 heterocycles. The summed E-state index contributed by atoms with van der Waals surface area (Å²) in [6, 6.07) is 18.9. The number of nitrogens with one attached hydrogen (secondary N) is 1. The van der Waals surface area contributed by atoms with Gasteiger partial charge < -0.3 is 19.7 Å². The van der Waals surface area contributed by atoms with Crippen LogP contribution in [0.5, 0.6) is 11.5 Å². The fourth-order valence-electron chi connectivity index (χ4n) is 2.82. The number of aromatic nitrogens is 1. The van der Waals surface area contributed by atoms with Crippen molar-refractivity contribution in [3.8, 4) is 11.5 Å². The summed E-state index contributed by atoms with van der Waals surface area (Å²) >= 11 is 0. The monoisotopic (exact) mass is 361 g/mol. The summed E-state index contributed by atoms with van der Waals surface area (Å²) < 4.78 is 10.7. The van der Waals surface area contributed by atoms with Crippen LogP contribution in [-0.2, 0) is 6.54 Å². The van der Waals surface area contributed by atoms with E-state index in [0.29, 0.717) is 12.2 Å². The first-order valence-electron chi connectivity index (χ1n) is 8.62. The number of carbonyl (C=O) groups is 1. The summed E-state index contributed by atoms with van der Waals surface area (Å²) in [4.78, 5) is 18.4. The third-order valence-corrected chi connectivity index (χ3v) is 4.36. The Morgan fingerprint density at radius 2 is 1.89 bits per heavy atom. The Morgan fingerprint density at radius 1 is 1.07 bits per heavy atom. The molecule has 1 N–H and O–H groups in total. The number of rotatable bonds is 5. The van der Waals surface area contributed by atoms with Gasteiger partial charge in [0, 0.05) is 19.3 Å². The number of nitrogens with zero attached hydrogens (tertiary/aromatic N) is 2. The smallest absolute Gasteiger partial charge is 0.276 e. The Bertz CT molecular complexity index is 943. The van der Waals surface area contributed by atoms with Crippen molar-refractivity contribution in [2.45, 2.75) is 6.54 Å². The van der Waals surface area contributed by atoms with Crippen LogP contribution in [-0.4, -0.2) is 24.7 Å². The van der Waals surface area contributed by atoms with Crippen LogP contribution in [0.2, 0.25) is 0 Å². The van der Waals surface area contributed by atoms with Crippen LogP contribution >= 0.6 is 0 Å². The molecular weight excluding hydrogens is 342 g/mol. The lowest BCUT2D eigenvalue weighted by Gasteiger charge is -2.16. The van der Waals surface area contributed by atoms with Crippen molar-refractivity contribution < 1.29 is 14.3 Å². The molecule has 4 rings (SSSR count). The second-order valence-electron chi connectivity index (χ2n) is 6.17. The topological polar surface area (TPSA) is 63.7 Å². The molecule has 0 fully saturated rings. The summed E-state index contributed by atoms with van der Waals surface area (Å²) in [7, 11) is 1.74. The number of amides is 1. The van der Waals surface area contributed by atoms with Gasteiger partial charge in [0.25, 0.3) is 5.91 Å². The molecule has 0 bridgehead atoms. The predicted molar refractivity (Wildman–Crippen MR) is 103 cm³/mol. The molecule has 6 nitrogen and oxygen atoms in total. The van der Waals surface area contributed by atoms with Crippen molar-refractivity contribution in [1.29, 1.82) is 0 Å². The molecule has 3 aromatic rings. The van der Waals surface area contributed by atoms with Gasteiger partial charge in [-0.1, -0.05) is 24.3 Å². The van der Waals surface area contributed by atoms with Gasteiger partial charge in [0.1, 0.15) is 5.69 Å². The molecule has 0 saturated carbocycles. The van der Waals surface area contributed by atoms with Crippen molar-refractivity contribution in [3.05, 3.63) is 78.1 Å². The normalized spacial score (nSPS) is 11.9. The van der Waals surface area contributed by atoms with E-state index in [4.69, 9.17) is 9.47 Å². The number of ether oxygens (including phenoxy) is 2. The van der Waals surface area contributed by atoms with Gasteiger partial charge in [0.15, 0.2) is 11.5 Å². The molecule has 0 unspecified atom stereocenters. The van der Waals surface area contributed by atoms with Crippen LogP contribution in [0.15, 0.2) is 66.9 Å². The number of fused-ring (bicyclic) bond motifs is 1. The molecule has 0 aliphatic carbocycles. The molecule has 0 spiro atoms. The predicted octanol–water partition coefficient (Wildman–Crippen LogP) is 3.70. The summed E-state index contributed by atoms with van der Waals surface area (Å²) in [5.74, 6) is 1.38. The van der Waals surface area contributed by atoms with E-state index in [0.717, 1.165) is 28.4 Å². The minimum absolute atomic E-state index is 0.150. The number of pyridine rings is 1. The van der Waals surface area contributed by atoms with Crippen LogP contribution in [0.3, 0.4) is 0 Å². The molecule has 1 aliphatic heterocycles. The lowest BCUT2D eigenvalue weighted by molar-refractivity contribution is 0.0988. The lowest BCUT2D eigenvalue weighted by atomic mass is 10.2. The standard InChI is InChI=1S/C21H19N3O3/c1-24(17-5-3-2-4-6-17)21(25)18-9-8-16(13-23-18)22-12-15-7-10-19-20(11-15)27-14-26-19/h2-11,13,22H,12,14H2,1H3. The van der Waals surface area contributed by atoms with Gasteiger partial charge in [-0.15, -0.1) is 0 Å². The van der Waals surface area contributed by atoms with E-state index in [1.807, 2.05) is 54.6 Å². The molecule has 6 heteroatoms. The van der Waals surface area contributed by atoms with E-state index in [2.05, 4.69) is 10.3 Å². The van der Waals surface area contributed by atoms with Gasteiger partial charge in [-0.25, -0.2) is 4.98 Å². The van der Waals surface area contributed by atoms with Crippen LogP contribution < -0.4 is 19.7 Å². The van der Waals surface area contributed by atoms with E-state index >= 15 is 0 Å². The van der Waals surface area contributed by atoms with Crippen LogP contribution in [0.25, 0.3) is 0 Å². The third-order valence-electron chi connectivity index (χ3n) is 4.36. The zero-order valence-electron chi connectivity index (χ0n) is 14.9. The summed E-state index contributed by atoms with van der Waals surface area (Å²) in [5.41, 5.74) is 3.14. The molecule has 136 valence electrons. The number of hydrogen-bond acceptors (Lipinski definition) is 5. The van der Waals surface area contributed by atoms with E-state index in [1.54, 1.807) is 24.2 Å². The zero-order valence-corrected chi connectivity index (χ0v) is 14.9. The fourth-order valence-corrected chi connectivity index (χ4v) is 2.82. The van der Waals surface area contributed by atoms with Crippen LogP contribution in [0.1, 0.15) is 16.1 Å². The Morgan fingerprint density at radius 3 is 2.67 bits per heavy atom. The largest absolute Gasteiger partial charge is 0.454 e. The highest BCUT2D eigenvalue weighted by Crippen LogP contribution is 2.32. The van der Waals surface area contributed by atoms with Gasteiger partial charge in [-0.3, -0.25) is 4.79 Å². The maximum absolute atomic E-state index is 12.6. The van der Waals surface area contributed by atoms with Crippen molar-refractivity contribution in [2.24, 2.45) is 0 Å². The Balaban J connectivity index is 1.39. The second-order valence-corrected chi connectivity index (χ2v) is 6.17. The molecular formula is C21H19N3O3. The van der Waals surface area contributed by atoms with Gasteiger partial charge in [-0.2, -0.15) is 0 Å². The highest BCUT2D eigenvalue weighted by atomic mass is 16.7. The number of benzene rings is 2. The van der Waals surface area contributed by atoms with Crippen LogP contribution in [0.4, 0.5) is 11.4 Å². The number of anilines is 2. The van der Waals surface area contributed by atoms with Crippen molar-refractivity contribution in [2.75, 3.05) is 24.1 Å². The average molecular weight is 361 g/mol. The lowest BCUT2D eigenvalue weighted by Crippen LogP contribution is -2.26. The van der Waals surface area contributed by atoms with Gasteiger partial charge in [0.2, 0.25) is 6.79 Å². The fraction of sp³-hybridized carbons (Fsp3) is 0.143. The first-order valence-corrected chi connectivity index (χ1v) is 8.62. The summed E-state index contributed by atoms with van der Waals surface area (Å²) in [6.45, 7) is 0.887. The van der Waals surface area contributed by atoms with Gasteiger partial charge in [-0.05, 0) is 42.0 Å². The third kappa shape index (κ3) is 3.69. The van der Waals surface area contributed by atoms with E-state index in [-0.39, 0.29) is 12.7 Å². The maximum Gasteiger partial charge on any atom is 0.276 e. The molecule has 1 amide bonds. The number of para-hydroxylation sites is 1. The highest BCUT2D eigenvalue weighted by molar-refractivity contribution is 6.04. The first-order chi connectivity index (χ1) is 13.2. The molecule has 0 radical (unpaired) electrons. The quantitative estimate of drug-likeness (QED) is 0.751. The van der Waals surface area contributed by atoms with E-state index in [9.17, 15) is 4.79 Å². The average Bonchev–Trinajstić information content (AvgIpc) is 3.20. The Labute approximate surface area is 157 Å². The zero-order chi connectivity index (χ0) is 18.6. The van der Waals surface area contributed by atoms with Crippen molar-refractivity contribution >= 4 is 17.3 Å². The molecule has 0 atom stereocenters. The van der Waals surface area contributed by atoms with Crippen LogP contribution in [0, 0.1) is 0 Å². The SMILES string of the molecule is CN(C(=O)c1ccc(NCc2ccc3c(c2)OCO3)cn1)c1ccccc1. The van der Waals surface area contributed by atoms with E-state index in [1.165, 1.54) is 0 Å². The molecule has 27 heavy (non-hydrogen) atoms. The molecule has 2 aromatic carbocycles. The first kappa shape index (κ1) is 16.9. The maximum atomic E-state index is 12.6. The molecule has 1 aliphatic rings. The Kier molecular flexibility index (Phi) is 4.61. The Hall–Kier alpha value is -3.54. The molecule has 0 saturated heterocycles. The minimum atomic E-state index is -0.150. The van der Waals surface area contributed by atoms with E-state index < -0.39 is 0 Å². The highest BCUT2D eigenvalue weighted by Gasteiger charge is 2.15.